The molecule has 5 heteroatoms. The van der Waals surface area contributed by atoms with Crippen LogP contribution in [0.25, 0.3) is 22.5 Å². The molecule has 3 rings (SSSR count). The first-order valence-corrected chi connectivity index (χ1v) is 7.70. The molecule has 0 N–H and O–H groups in total. The summed E-state index contributed by atoms with van der Waals surface area (Å²) in [4.78, 5) is 10.6. The lowest BCUT2D eigenvalue weighted by Crippen LogP contribution is -2.10. The van der Waals surface area contributed by atoms with Crippen LogP contribution in [0.15, 0.2) is 48.9 Å². The summed E-state index contributed by atoms with van der Waals surface area (Å²) in [5.41, 5.74) is 3.92. The van der Waals surface area contributed by atoms with Crippen LogP contribution in [0.5, 0.6) is 0 Å². The zero-order valence-corrected chi connectivity index (χ0v) is 14.1. The van der Waals surface area contributed by atoms with Crippen LogP contribution in [-0.4, -0.2) is 33.8 Å². The molecule has 0 saturated heterocycles. The highest BCUT2D eigenvalue weighted by Crippen LogP contribution is 2.25. The molecule has 0 bridgehead atoms. The van der Waals surface area contributed by atoms with Gasteiger partial charge in [-0.05, 0) is 19.1 Å². The van der Waals surface area contributed by atoms with Crippen molar-refractivity contribution in [2.45, 2.75) is 13.5 Å². The first-order chi connectivity index (χ1) is 11.7. The molecule has 0 radical (unpaired) electrons. The summed E-state index contributed by atoms with van der Waals surface area (Å²) in [6.07, 6.45) is 3.54. The third-order valence-electron chi connectivity index (χ3n) is 3.62. The van der Waals surface area contributed by atoms with Crippen molar-refractivity contribution < 1.29 is 0 Å². The van der Waals surface area contributed by atoms with Gasteiger partial charge >= 0.3 is 0 Å². The van der Waals surface area contributed by atoms with Crippen LogP contribution >= 0.6 is 0 Å². The summed E-state index contributed by atoms with van der Waals surface area (Å²) in [7, 11) is 3.93. The number of nitrogens with zero attached hydrogens (tertiary/aromatic N) is 5. The van der Waals surface area contributed by atoms with E-state index < -0.39 is 0 Å². The lowest BCUT2D eigenvalue weighted by atomic mass is 10.1. The zero-order valence-electron chi connectivity index (χ0n) is 14.1. The second-order valence-corrected chi connectivity index (χ2v) is 5.56. The maximum Gasteiger partial charge on any atom is 0.132 e. The lowest BCUT2D eigenvalue weighted by molar-refractivity contribution is 0.718. The van der Waals surface area contributed by atoms with Crippen molar-refractivity contribution in [3.05, 3.63) is 48.9 Å². The minimum Gasteiger partial charge on any atom is -0.363 e. The Morgan fingerprint density at radius 1 is 1.04 bits per heavy atom. The molecule has 2 heterocycles. The normalized spacial score (nSPS) is 10.1. The molecule has 0 fully saturated rings. The third-order valence-corrected chi connectivity index (χ3v) is 3.62. The fraction of sp³-hybridized carbons (Fsp3) is 0.211. The predicted octanol–water partition coefficient (Wildman–Crippen LogP) is 3.10. The van der Waals surface area contributed by atoms with Crippen molar-refractivity contribution in [1.82, 2.24) is 19.7 Å². The molecule has 0 spiro atoms. The zero-order chi connectivity index (χ0) is 16.9. The van der Waals surface area contributed by atoms with E-state index in [4.69, 9.17) is 0 Å². The van der Waals surface area contributed by atoms with Gasteiger partial charge in [0.25, 0.3) is 0 Å². The minimum atomic E-state index is 0.605. The molecule has 0 amide bonds. The van der Waals surface area contributed by atoms with E-state index in [0.29, 0.717) is 6.54 Å². The van der Waals surface area contributed by atoms with Crippen molar-refractivity contribution >= 4 is 5.82 Å². The third kappa shape index (κ3) is 3.44. The van der Waals surface area contributed by atoms with Crippen molar-refractivity contribution in [2.75, 3.05) is 19.0 Å². The van der Waals surface area contributed by atoms with Gasteiger partial charge in [0.2, 0.25) is 0 Å². The van der Waals surface area contributed by atoms with Gasteiger partial charge in [-0.15, -0.1) is 5.92 Å². The number of hydrogen-bond acceptors (Lipinski definition) is 4. The second-order valence-electron chi connectivity index (χ2n) is 5.56. The van der Waals surface area contributed by atoms with Gasteiger partial charge in [0.15, 0.2) is 0 Å². The molecule has 0 aliphatic heterocycles. The summed E-state index contributed by atoms with van der Waals surface area (Å²) in [6.45, 7) is 2.44. The molecule has 120 valence electrons. The van der Waals surface area contributed by atoms with Gasteiger partial charge in [-0.3, -0.25) is 4.68 Å². The Balaban J connectivity index is 1.93. The van der Waals surface area contributed by atoms with E-state index in [9.17, 15) is 0 Å². The Bertz CT molecular complexity index is 899. The smallest absolute Gasteiger partial charge is 0.132 e. The number of rotatable bonds is 4. The Morgan fingerprint density at radius 3 is 2.58 bits per heavy atom. The molecule has 1 aromatic carbocycles. The molecule has 0 aliphatic carbocycles. The van der Waals surface area contributed by atoms with Crippen LogP contribution in [0.1, 0.15) is 6.92 Å². The maximum absolute atomic E-state index is 4.57. The van der Waals surface area contributed by atoms with E-state index in [0.717, 1.165) is 28.3 Å². The highest BCUT2D eigenvalue weighted by molar-refractivity contribution is 5.70. The van der Waals surface area contributed by atoms with E-state index in [1.54, 1.807) is 6.33 Å². The summed E-state index contributed by atoms with van der Waals surface area (Å²) in [6, 6.07) is 12.2. The molecule has 0 atom stereocenters. The van der Waals surface area contributed by atoms with Crippen molar-refractivity contribution in [3.8, 4) is 34.4 Å². The molecular weight excluding hydrogens is 298 g/mol. The van der Waals surface area contributed by atoms with Crippen LogP contribution in [0, 0.1) is 11.8 Å². The molecule has 3 aromatic rings. The van der Waals surface area contributed by atoms with E-state index >= 15 is 0 Å². The van der Waals surface area contributed by atoms with Gasteiger partial charge in [-0.2, -0.15) is 5.10 Å². The Hall–Kier alpha value is -3.13. The Morgan fingerprint density at radius 2 is 1.83 bits per heavy atom. The van der Waals surface area contributed by atoms with Crippen molar-refractivity contribution in [2.24, 2.45) is 0 Å². The quantitative estimate of drug-likeness (QED) is 0.694. The topological polar surface area (TPSA) is 46.8 Å². The number of benzene rings is 1. The molecule has 0 aliphatic rings. The monoisotopic (exact) mass is 317 g/mol. The first-order valence-electron chi connectivity index (χ1n) is 7.70. The van der Waals surface area contributed by atoms with Crippen molar-refractivity contribution in [1.29, 1.82) is 0 Å². The number of aromatic nitrogens is 4. The van der Waals surface area contributed by atoms with Crippen molar-refractivity contribution in [3.63, 3.8) is 0 Å². The minimum absolute atomic E-state index is 0.605. The van der Waals surface area contributed by atoms with Gasteiger partial charge in [0.05, 0.1) is 11.4 Å². The Kier molecular flexibility index (Phi) is 4.57. The molecule has 2 aromatic heterocycles. The SMILES string of the molecule is CC#CCn1ccc(-c2cccc(-c3cc(N(C)C)ncn3)c2)n1. The molecule has 5 nitrogen and oxygen atoms in total. The van der Waals surface area contributed by atoms with E-state index in [-0.39, 0.29) is 0 Å². The van der Waals surface area contributed by atoms with E-state index in [2.05, 4.69) is 39.0 Å². The number of hydrogen-bond donors (Lipinski definition) is 0. The van der Waals surface area contributed by atoms with Crippen LogP contribution in [0.4, 0.5) is 5.82 Å². The second kappa shape index (κ2) is 6.97. The molecule has 24 heavy (non-hydrogen) atoms. The average molecular weight is 317 g/mol. The predicted molar refractivity (Wildman–Crippen MR) is 96.5 cm³/mol. The van der Waals surface area contributed by atoms with Crippen LogP contribution < -0.4 is 4.90 Å². The summed E-state index contributed by atoms with van der Waals surface area (Å²) in [5, 5.41) is 4.57. The highest BCUT2D eigenvalue weighted by atomic mass is 15.3. The average Bonchev–Trinajstić information content (AvgIpc) is 3.09. The summed E-state index contributed by atoms with van der Waals surface area (Å²) < 4.78 is 1.84. The lowest BCUT2D eigenvalue weighted by Gasteiger charge is -2.11. The molecule has 0 saturated carbocycles. The van der Waals surface area contributed by atoms with E-state index in [1.807, 2.05) is 61.1 Å². The summed E-state index contributed by atoms with van der Waals surface area (Å²) >= 11 is 0. The fourth-order valence-corrected chi connectivity index (χ4v) is 2.35. The maximum atomic E-state index is 4.57. The van der Waals surface area contributed by atoms with Gasteiger partial charge in [0.1, 0.15) is 18.7 Å². The standard InChI is InChI=1S/C19H19N5/c1-4-5-10-24-11-9-17(22-24)15-7-6-8-16(12-15)18-13-19(23(2)3)21-14-20-18/h6-9,11-14H,10H2,1-3H3. The molecular formula is C19H19N5. The first kappa shape index (κ1) is 15.8. The summed E-state index contributed by atoms with van der Waals surface area (Å²) in [5.74, 6) is 6.78. The van der Waals surface area contributed by atoms with E-state index in [1.165, 1.54) is 0 Å². The van der Waals surface area contributed by atoms with Gasteiger partial charge < -0.3 is 4.90 Å². The van der Waals surface area contributed by atoms with Gasteiger partial charge in [-0.1, -0.05) is 24.1 Å². The molecule has 0 unspecified atom stereocenters. The largest absolute Gasteiger partial charge is 0.363 e. The highest BCUT2D eigenvalue weighted by Gasteiger charge is 2.07. The van der Waals surface area contributed by atoms with Crippen LogP contribution in [0.2, 0.25) is 0 Å². The van der Waals surface area contributed by atoms with Gasteiger partial charge in [0, 0.05) is 37.5 Å². The van der Waals surface area contributed by atoms with Gasteiger partial charge in [-0.25, -0.2) is 9.97 Å². The fourth-order valence-electron chi connectivity index (χ4n) is 2.35. The van der Waals surface area contributed by atoms with Crippen LogP contribution in [0.3, 0.4) is 0 Å². The Labute approximate surface area is 142 Å². The van der Waals surface area contributed by atoms with Crippen LogP contribution in [-0.2, 0) is 6.54 Å². The number of anilines is 1.